The molecule has 1 aromatic carbocycles. The number of rotatable bonds is 5. The molecule has 1 heterocycles. The molecular formula is C19H29NO2. The van der Waals surface area contributed by atoms with Crippen LogP contribution >= 0.6 is 0 Å². The summed E-state index contributed by atoms with van der Waals surface area (Å²) in [6.07, 6.45) is 7.03. The van der Waals surface area contributed by atoms with Crippen molar-refractivity contribution in [2.24, 2.45) is 0 Å². The van der Waals surface area contributed by atoms with Crippen LogP contribution in [-0.2, 0) is 11.2 Å². The van der Waals surface area contributed by atoms with Crippen LogP contribution in [0.15, 0.2) is 24.3 Å². The van der Waals surface area contributed by atoms with Gasteiger partial charge in [-0.3, -0.25) is 4.90 Å². The van der Waals surface area contributed by atoms with Crippen molar-refractivity contribution in [3.8, 4) is 0 Å². The third kappa shape index (κ3) is 3.89. The van der Waals surface area contributed by atoms with Crippen molar-refractivity contribution >= 4 is 0 Å². The van der Waals surface area contributed by atoms with Gasteiger partial charge in [0, 0.05) is 12.6 Å². The van der Waals surface area contributed by atoms with E-state index >= 15 is 0 Å². The number of aryl methyl sites for hydroxylation is 1. The van der Waals surface area contributed by atoms with Crippen LogP contribution in [0.2, 0.25) is 0 Å². The smallest absolute Gasteiger partial charge is 0.0900 e. The van der Waals surface area contributed by atoms with Gasteiger partial charge in [-0.2, -0.15) is 0 Å². The Hall–Kier alpha value is -0.900. The molecule has 0 spiro atoms. The number of hydrogen-bond donors (Lipinski definition) is 1. The van der Waals surface area contributed by atoms with Gasteiger partial charge in [0.2, 0.25) is 0 Å². The lowest BCUT2D eigenvalue weighted by Crippen LogP contribution is -2.43. The van der Waals surface area contributed by atoms with Crippen molar-refractivity contribution < 1.29 is 9.84 Å². The Balaban J connectivity index is 1.50. The van der Waals surface area contributed by atoms with Crippen LogP contribution in [0.5, 0.6) is 0 Å². The van der Waals surface area contributed by atoms with Gasteiger partial charge in [0.05, 0.1) is 18.8 Å². The van der Waals surface area contributed by atoms with Crippen LogP contribution < -0.4 is 0 Å². The normalized spacial score (nSPS) is 27.4. The fraction of sp³-hybridized carbons (Fsp3) is 0.684. The largest absolute Gasteiger partial charge is 0.389 e. The van der Waals surface area contributed by atoms with Gasteiger partial charge in [-0.25, -0.2) is 0 Å². The quantitative estimate of drug-likeness (QED) is 0.906. The van der Waals surface area contributed by atoms with Crippen LogP contribution in [0.3, 0.4) is 0 Å². The average molecular weight is 303 g/mol. The van der Waals surface area contributed by atoms with Crippen LogP contribution in [0.1, 0.15) is 56.3 Å². The highest BCUT2D eigenvalue weighted by Crippen LogP contribution is 2.32. The summed E-state index contributed by atoms with van der Waals surface area (Å²) in [7, 11) is 0. The molecule has 3 unspecified atom stereocenters. The Morgan fingerprint density at radius 3 is 2.95 bits per heavy atom. The molecule has 1 aliphatic heterocycles. The van der Waals surface area contributed by atoms with E-state index < -0.39 is 0 Å². The molecular weight excluding hydrogens is 274 g/mol. The zero-order valence-electron chi connectivity index (χ0n) is 13.7. The summed E-state index contributed by atoms with van der Waals surface area (Å²) < 4.78 is 6.07. The number of nitrogens with zero attached hydrogens (tertiary/aromatic N) is 1. The minimum Gasteiger partial charge on any atom is -0.389 e. The van der Waals surface area contributed by atoms with Gasteiger partial charge in [-0.05, 0) is 56.7 Å². The number of aliphatic hydroxyl groups excluding tert-OH is 1. The van der Waals surface area contributed by atoms with E-state index in [4.69, 9.17) is 4.74 Å². The van der Waals surface area contributed by atoms with E-state index in [1.165, 1.54) is 36.8 Å². The van der Waals surface area contributed by atoms with Crippen LogP contribution in [-0.4, -0.2) is 41.8 Å². The maximum absolute atomic E-state index is 10.3. The van der Waals surface area contributed by atoms with Crippen molar-refractivity contribution in [2.45, 2.75) is 63.7 Å². The Morgan fingerprint density at radius 1 is 1.23 bits per heavy atom. The number of aliphatic hydroxyl groups is 1. The molecule has 2 aliphatic rings. The SMILES string of the molecule is CC1CCCCN1CC(O)COC1CCCc2ccccc21. The molecule has 1 fully saturated rings. The van der Waals surface area contributed by atoms with Gasteiger partial charge >= 0.3 is 0 Å². The summed E-state index contributed by atoms with van der Waals surface area (Å²) in [5, 5.41) is 10.3. The minimum absolute atomic E-state index is 0.165. The lowest BCUT2D eigenvalue weighted by molar-refractivity contribution is -0.0343. The molecule has 3 heteroatoms. The van der Waals surface area contributed by atoms with Gasteiger partial charge in [-0.15, -0.1) is 0 Å². The zero-order chi connectivity index (χ0) is 15.4. The van der Waals surface area contributed by atoms with Gasteiger partial charge < -0.3 is 9.84 Å². The fourth-order valence-electron chi connectivity index (χ4n) is 3.86. The zero-order valence-corrected chi connectivity index (χ0v) is 13.7. The molecule has 3 nitrogen and oxygen atoms in total. The number of β-amino-alcohol motifs (C(OH)–C–C–N with tert-alkyl or cyclic N) is 1. The highest BCUT2D eigenvalue weighted by atomic mass is 16.5. The molecule has 0 radical (unpaired) electrons. The predicted octanol–water partition coefficient (Wildman–Crippen LogP) is 3.32. The van der Waals surface area contributed by atoms with E-state index in [9.17, 15) is 5.11 Å². The molecule has 1 saturated heterocycles. The number of ether oxygens (including phenoxy) is 1. The van der Waals surface area contributed by atoms with Crippen molar-refractivity contribution in [2.75, 3.05) is 19.7 Å². The molecule has 0 aromatic heterocycles. The molecule has 1 aliphatic carbocycles. The Kier molecular flexibility index (Phi) is 5.51. The summed E-state index contributed by atoms with van der Waals surface area (Å²) >= 11 is 0. The molecule has 0 saturated carbocycles. The number of benzene rings is 1. The van der Waals surface area contributed by atoms with E-state index in [0.29, 0.717) is 12.6 Å². The van der Waals surface area contributed by atoms with E-state index in [1.54, 1.807) is 0 Å². The van der Waals surface area contributed by atoms with Gasteiger partial charge in [-0.1, -0.05) is 30.7 Å². The average Bonchev–Trinajstić information content (AvgIpc) is 2.55. The first kappa shape index (κ1) is 16.0. The molecule has 22 heavy (non-hydrogen) atoms. The molecule has 1 aromatic rings. The Bertz CT molecular complexity index is 476. The van der Waals surface area contributed by atoms with Crippen LogP contribution in [0.25, 0.3) is 0 Å². The highest BCUT2D eigenvalue weighted by molar-refractivity contribution is 5.31. The van der Waals surface area contributed by atoms with Gasteiger partial charge in [0.15, 0.2) is 0 Å². The Morgan fingerprint density at radius 2 is 2.09 bits per heavy atom. The maximum Gasteiger partial charge on any atom is 0.0900 e. The lowest BCUT2D eigenvalue weighted by Gasteiger charge is -2.35. The maximum atomic E-state index is 10.3. The van der Waals surface area contributed by atoms with Crippen molar-refractivity contribution in [1.82, 2.24) is 4.90 Å². The number of likely N-dealkylation sites (tertiary alicyclic amines) is 1. The molecule has 122 valence electrons. The summed E-state index contributed by atoms with van der Waals surface area (Å²) in [4.78, 5) is 2.41. The molecule has 0 bridgehead atoms. The molecule has 0 amide bonds. The van der Waals surface area contributed by atoms with E-state index in [-0.39, 0.29) is 12.2 Å². The Labute approximate surface area is 134 Å². The first-order valence-corrected chi connectivity index (χ1v) is 8.85. The topological polar surface area (TPSA) is 32.7 Å². The monoisotopic (exact) mass is 303 g/mol. The fourth-order valence-corrected chi connectivity index (χ4v) is 3.86. The second-order valence-electron chi connectivity index (χ2n) is 6.91. The second kappa shape index (κ2) is 7.58. The number of fused-ring (bicyclic) bond motifs is 1. The minimum atomic E-state index is -0.380. The molecule has 3 atom stereocenters. The lowest BCUT2D eigenvalue weighted by atomic mass is 9.89. The number of piperidine rings is 1. The first-order valence-electron chi connectivity index (χ1n) is 8.85. The third-order valence-electron chi connectivity index (χ3n) is 5.19. The van der Waals surface area contributed by atoms with E-state index in [1.807, 2.05) is 0 Å². The van der Waals surface area contributed by atoms with Crippen LogP contribution in [0, 0.1) is 0 Å². The number of hydrogen-bond acceptors (Lipinski definition) is 3. The van der Waals surface area contributed by atoms with Crippen molar-refractivity contribution in [3.05, 3.63) is 35.4 Å². The van der Waals surface area contributed by atoms with Crippen LogP contribution in [0.4, 0.5) is 0 Å². The summed E-state index contributed by atoms with van der Waals surface area (Å²) in [5.41, 5.74) is 2.74. The summed E-state index contributed by atoms with van der Waals surface area (Å²) in [5.74, 6) is 0. The second-order valence-corrected chi connectivity index (χ2v) is 6.91. The van der Waals surface area contributed by atoms with Gasteiger partial charge in [0.1, 0.15) is 0 Å². The summed E-state index contributed by atoms with van der Waals surface area (Å²) in [6, 6.07) is 9.17. The van der Waals surface area contributed by atoms with E-state index in [2.05, 4.69) is 36.1 Å². The van der Waals surface area contributed by atoms with E-state index in [0.717, 1.165) is 25.9 Å². The highest BCUT2D eigenvalue weighted by Gasteiger charge is 2.24. The molecule has 1 N–H and O–H groups in total. The predicted molar refractivity (Wildman–Crippen MR) is 89.0 cm³/mol. The third-order valence-corrected chi connectivity index (χ3v) is 5.19. The summed E-state index contributed by atoms with van der Waals surface area (Å²) in [6.45, 7) is 4.58. The first-order chi connectivity index (χ1) is 10.7. The molecule has 3 rings (SSSR count). The van der Waals surface area contributed by atoms with Crippen molar-refractivity contribution in [1.29, 1.82) is 0 Å². The standard InChI is InChI=1S/C19H29NO2/c1-15-7-4-5-12-20(15)13-17(21)14-22-19-11-6-9-16-8-2-3-10-18(16)19/h2-3,8,10,15,17,19,21H,4-7,9,11-14H2,1H3. The van der Waals surface area contributed by atoms with Crippen molar-refractivity contribution in [3.63, 3.8) is 0 Å². The van der Waals surface area contributed by atoms with Gasteiger partial charge in [0.25, 0.3) is 0 Å².